The topological polar surface area (TPSA) is 24.5 Å². The normalized spacial score (nSPS) is 21.7. The number of morpholine rings is 1. The fourth-order valence-corrected chi connectivity index (χ4v) is 3.55. The Bertz CT molecular complexity index is 419. The van der Waals surface area contributed by atoms with E-state index in [2.05, 4.69) is 41.4 Å². The maximum Gasteiger partial charge on any atom is 0.0642 e. The van der Waals surface area contributed by atoms with Crippen LogP contribution in [0.4, 0.5) is 5.69 Å². The molecule has 2 aliphatic rings. The number of anilines is 1. The van der Waals surface area contributed by atoms with Crippen molar-refractivity contribution in [3.05, 3.63) is 29.8 Å². The summed E-state index contributed by atoms with van der Waals surface area (Å²) >= 11 is 0. The van der Waals surface area contributed by atoms with Gasteiger partial charge >= 0.3 is 0 Å². The number of hydrogen-bond acceptors (Lipinski definition) is 3. The van der Waals surface area contributed by atoms with E-state index in [-0.39, 0.29) is 0 Å². The highest BCUT2D eigenvalue weighted by atomic mass is 16.5. The van der Waals surface area contributed by atoms with E-state index in [9.17, 15) is 0 Å². The summed E-state index contributed by atoms with van der Waals surface area (Å²) in [7, 11) is 0. The molecule has 1 heterocycles. The molecular formula is C18H28N2O. The van der Waals surface area contributed by atoms with Gasteiger partial charge in [-0.25, -0.2) is 0 Å². The Labute approximate surface area is 128 Å². The number of rotatable bonds is 5. The van der Waals surface area contributed by atoms with Crippen LogP contribution in [-0.4, -0.2) is 32.3 Å². The minimum absolute atomic E-state index is 0.645. The largest absolute Gasteiger partial charge is 0.378 e. The summed E-state index contributed by atoms with van der Waals surface area (Å²) in [5, 5.41) is 3.71. The molecule has 0 unspecified atom stereocenters. The maximum atomic E-state index is 5.41. The fourth-order valence-electron chi connectivity index (χ4n) is 3.55. The van der Waals surface area contributed by atoms with Crippen LogP contribution in [0.2, 0.25) is 0 Å². The van der Waals surface area contributed by atoms with Crippen molar-refractivity contribution in [1.82, 2.24) is 5.32 Å². The van der Waals surface area contributed by atoms with E-state index >= 15 is 0 Å². The highest BCUT2D eigenvalue weighted by Gasteiger charge is 2.20. The molecule has 116 valence electrons. The van der Waals surface area contributed by atoms with Gasteiger partial charge in [0.2, 0.25) is 0 Å². The molecule has 3 heteroatoms. The van der Waals surface area contributed by atoms with Crippen LogP contribution in [0.1, 0.15) is 38.2 Å². The second kappa shape index (κ2) is 7.28. The Morgan fingerprint density at radius 3 is 2.48 bits per heavy atom. The minimum Gasteiger partial charge on any atom is -0.378 e. The third kappa shape index (κ3) is 3.98. The molecule has 1 aliphatic heterocycles. The van der Waals surface area contributed by atoms with Gasteiger partial charge in [-0.2, -0.15) is 0 Å². The zero-order chi connectivity index (χ0) is 14.5. The number of ether oxygens (including phenoxy) is 1. The molecule has 21 heavy (non-hydrogen) atoms. The van der Waals surface area contributed by atoms with E-state index in [1.807, 2.05) is 0 Å². The van der Waals surface area contributed by atoms with Crippen LogP contribution in [0.5, 0.6) is 0 Å². The van der Waals surface area contributed by atoms with Crippen molar-refractivity contribution in [3.63, 3.8) is 0 Å². The van der Waals surface area contributed by atoms with Crippen LogP contribution in [0.25, 0.3) is 0 Å². The number of nitrogens with one attached hydrogen (secondary N) is 1. The monoisotopic (exact) mass is 288 g/mol. The molecule has 1 atom stereocenters. The number of hydrogen-bond donors (Lipinski definition) is 1. The summed E-state index contributed by atoms with van der Waals surface area (Å²) in [6, 6.07) is 9.68. The van der Waals surface area contributed by atoms with Crippen LogP contribution < -0.4 is 10.2 Å². The third-order valence-corrected chi connectivity index (χ3v) is 5.05. The molecular weight excluding hydrogens is 260 g/mol. The van der Waals surface area contributed by atoms with E-state index < -0.39 is 0 Å². The molecule has 0 bridgehead atoms. The van der Waals surface area contributed by atoms with Gasteiger partial charge in [-0.15, -0.1) is 0 Å². The molecule has 3 rings (SSSR count). The van der Waals surface area contributed by atoms with E-state index in [4.69, 9.17) is 4.74 Å². The SMILES string of the molecule is C[C@@H](NCc1ccc(N2CCOCC2)cc1)C1CCCC1. The van der Waals surface area contributed by atoms with Crippen molar-refractivity contribution < 1.29 is 4.74 Å². The summed E-state index contributed by atoms with van der Waals surface area (Å²) < 4.78 is 5.41. The van der Waals surface area contributed by atoms with Gasteiger partial charge in [-0.3, -0.25) is 0 Å². The Morgan fingerprint density at radius 1 is 1.14 bits per heavy atom. The van der Waals surface area contributed by atoms with Crippen molar-refractivity contribution in [2.24, 2.45) is 5.92 Å². The molecule has 1 aliphatic carbocycles. The minimum atomic E-state index is 0.645. The van der Waals surface area contributed by atoms with E-state index in [0.717, 1.165) is 38.8 Å². The van der Waals surface area contributed by atoms with Gasteiger partial charge in [-0.05, 0) is 43.4 Å². The van der Waals surface area contributed by atoms with Gasteiger partial charge in [0.25, 0.3) is 0 Å². The van der Waals surface area contributed by atoms with Crippen LogP contribution >= 0.6 is 0 Å². The predicted molar refractivity (Wildman–Crippen MR) is 87.7 cm³/mol. The quantitative estimate of drug-likeness (QED) is 0.900. The van der Waals surface area contributed by atoms with E-state index in [0.29, 0.717) is 6.04 Å². The van der Waals surface area contributed by atoms with Gasteiger partial charge < -0.3 is 15.0 Å². The first kappa shape index (κ1) is 14.9. The van der Waals surface area contributed by atoms with Gasteiger partial charge in [0.15, 0.2) is 0 Å². The molecule has 0 radical (unpaired) electrons. The summed E-state index contributed by atoms with van der Waals surface area (Å²) in [6.07, 6.45) is 5.66. The highest BCUT2D eigenvalue weighted by Crippen LogP contribution is 2.27. The molecule has 3 nitrogen and oxygen atoms in total. The van der Waals surface area contributed by atoms with Crippen LogP contribution in [0.3, 0.4) is 0 Å². The van der Waals surface area contributed by atoms with Crippen molar-refractivity contribution >= 4 is 5.69 Å². The molecule has 0 spiro atoms. The smallest absolute Gasteiger partial charge is 0.0642 e. The van der Waals surface area contributed by atoms with Gasteiger partial charge in [0.1, 0.15) is 0 Å². The summed E-state index contributed by atoms with van der Waals surface area (Å²) in [5.74, 6) is 0.887. The molecule has 1 aromatic carbocycles. The highest BCUT2D eigenvalue weighted by molar-refractivity contribution is 5.47. The molecule has 1 saturated heterocycles. The summed E-state index contributed by atoms with van der Waals surface area (Å²) in [5.41, 5.74) is 2.71. The van der Waals surface area contributed by atoms with E-state index in [1.165, 1.54) is 36.9 Å². The van der Waals surface area contributed by atoms with Gasteiger partial charge in [-0.1, -0.05) is 25.0 Å². The molecule has 0 aromatic heterocycles. The second-order valence-corrected chi connectivity index (χ2v) is 6.48. The third-order valence-electron chi connectivity index (χ3n) is 5.05. The summed E-state index contributed by atoms with van der Waals surface area (Å²) in [6.45, 7) is 7.05. The molecule has 0 amide bonds. The standard InChI is InChI=1S/C18H28N2O/c1-15(17-4-2-3-5-17)19-14-16-6-8-18(9-7-16)20-10-12-21-13-11-20/h6-9,15,17,19H,2-5,10-14H2,1H3/t15-/m1/s1. The fraction of sp³-hybridized carbons (Fsp3) is 0.667. The first-order valence-electron chi connectivity index (χ1n) is 8.48. The van der Waals surface area contributed by atoms with Crippen molar-refractivity contribution in [1.29, 1.82) is 0 Å². The lowest BCUT2D eigenvalue weighted by Gasteiger charge is -2.29. The molecule has 1 N–H and O–H groups in total. The molecule has 1 aromatic rings. The lowest BCUT2D eigenvalue weighted by atomic mass is 9.99. The summed E-state index contributed by atoms with van der Waals surface area (Å²) in [4.78, 5) is 2.40. The molecule has 1 saturated carbocycles. The van der Waals surface area contributed by atoms with Crippen LogP contribution in [-0.2, 0) is 11.3 Å². The van der Waals surface area contributed by atoms with Crippen LogP contribution in [0, 0.1) is 5.92 Å². The Kier molecular flexibility index (Phi) is 5.15. The second-order valence-electron chi connectivity index (χ2n) is 6.48. The molecule has 2 fully saturated rings. The van der Waals surface area contributed by atoms with Gasteiger partial charge in [0, 0.05) is 31.4 Å². The Balaban J connectivity index is 1.49. The predicted octanol–water partition coefficient (Wildman–Crippen LogP) is 3.19. The van der Waals surface area contributed by atoms with Crippen molar-refractivity contribution in [2.75, 3.05) is 31.2 Å². The average molecular weight is 288 g/mol. The van der Waals surface area contributed by atoms with E-state index in [1.54, 1.807) is 0 Å². The Hall–Kier alpha value is -1.06. The van der Waals surface area contributed by atoms with Gasteiger partial charge in [0.05, 0.1) is 13.2 Å². The Morgan fingerprint density at radius 2 is 1.81 bits per heavy atom. The average Bonchev–Trinajstić information content (AvgIpc) is 3.08. The lowest BCUT2D eigenvalue weighted by Crippen LogP contribution is -2.36. The lowest BCUT2D eigenvalue weighted by molar-refractivity contribution is 0.122. The first-order valence-corrected chi connectivity index (χ1v) is 8.48. The van der Waals surface area contributed by atoms with Crippen molar-refractivity contribution in [2.45, 2.75) is 45.2 Å². The number of benzene rings is 1. The first-order chi connectivity index (χ1) is 10.3. The number of nitrogens with zero attached hydrogens (tertiary/aromatic N) is 1. The van der Waals surface area contributed by atoms with Crippen LogP contribution in [0.15, 0.2) is 24.3 Å². The maximum absolute atomic E-state index is 5.41. The zero-order valence-corrected chi connectivity index (χ0v) is 13.2. The van der Waals surface area contributed by atoms with Crippen molar-refractivity contribution in [3.8, 4) is 0 Å². The zero-order valence-electron chi connectivity index (χ0n) is 13.2.